The van der Waals surface area contributed by atoms with Gasteiger partial charge in [0.25, 0.3) is 0 Å². The molecule has 20 heavy (non-hydrogen) atoms. The SMILES string of the molecule is C=C1CCC2C(C)(C)CCCC2(C)C1CC[C@H](C)C=O. The van der Waals surface area contributed by atoms with Crippen molar-refractivity contribution in [3.63, 3.8) is 0 Å². The first-order chi connectivity index (χ1) is 9.31. The fraction of sp³-hybridized carbons (Fsp3) is 0.842. The van der Waals surface area contributed by atoms with Crippen molar-refractivity contribution in [1.82, 2.24) is 0 Å². The van der Waals surface area contributed by atoms with Crippen molar-refractivity contribution in [2.75, 3.05) is 0 Å². The third-order valence-corrected chi connectivity index (χ3v) is 6.46. The van der Waals surface area contributed by atoms with E-state index in [2.05, 4.69) is 27.4 Å². The third-order valence-electron chi connectivity index (χ3n) is 6.46. The summed E-state index contributed by atoms with van der Waals surface area (Å²) in [6, 6.07) is 0. The van der Waals surface area contributed by atoms with Crippen LogP contribution in [-0.4, -0.2) is 6.29 Å². The van der Waals surface area contributed by atoms with E-state index in [0.717, 1.165) is 25.0 Å². The van der Waals surface area contributed by atoms with Gasteiger partial charge in [-0.3, -0.25) is 0 Å². The number of fused-ring (bicyclic) bond motifs is 1. The molecule has 0 heterocycles. The van der Waals surface area contributed by atoms with E-state index in [9.17, 15) is 4.79 Å². The van der Waals surface area contributed by atoms with Gasteiger partial charge in [0, 0.05) is 5.92 Å². The Morgan fingerprint density at radius 3 is 2.70 bits per heavy atom. The van der Waals surface area contributed by atoms with E-state index in [1.165, 1.54) is 37.7 Å². The molecule has 0 spiro atoms. The highest BCUT2D eigenvalue weighted by molar-refractivity contribution is 5.52. The second kappa shape index (κ2) is 5.66. The predicted octanol–water partition coefficient (Wildman–Crippen LogP) is 5.40. The molecule has 0 saturated heterocycles. The quantitative estimate of drug-likeness (QED) is 0.496. The second-order valence-corrected chi connectivity index (χ2v) is 8.34. The van der Waals surface area contributed by atoms with Gasteiger partial charge in [-0.05, 0) is 61.2 Å². The van der Waals surface area contributed by atoms with Crippen molar-refractivity contribution in [2.45, 2.75) is 72.6 Å². The minimum atomic E-state index is 0.198. The first-order valence-electron chi connectivity index (χ1n) is 8.44. The van der Waals surface area contributed by atoms with Gasteiger partial charge in [-0.25, -0.2) is 0 Å². The Hall–Kier alpha value is -0.590. The molecule has 0 bridgehead atoms. The Bertz CT molecular complexity index is 381. The number of allylic oxidation sites excluding steroid dienone is 1. The van der Waals surface area contributed by atoms with Crippen LogP contribution in [0.15, 0.2) is 12.2 Å². The molecule has 0 aromatic carbocycles. The molecule has 114 valence electrons. The van der Waals surface area contributed by atoms with Gasteiger partial charge in [-0.1, -0.05) is 46.3 Å². The van der Waals surface area contributed by atoms with E-state index in [1.807, 2.05) is 6.92 Å². The molecule has 0 radical (unpaired) electrons. The number of carbonyl (C=O) groups is 1. The first-order valence-corrected chi connectivity index (χ1v) is 8.44. The number of aldehydes is 1. The maximum absolute atomic E-state index is 10.9. The molecule has 0 aliphatic heterocycles. The zero-order chi connectivity index (χ0) is 15.0. The lowest BCUT2D eigenvalue weighted by Crippen LogP contribution is -2.49. The predicted molar refractivity (Wildman–Crippen MR) is 85.6 cm³/mol. The van der Waals surface area contributed by atoms with Crippen LogP contribution in [0.25, 0.3) is 0 Å². The molecule has 0 aromatic rings. The van der Waals surface area contributed by atoms with Crippen molar-refractivity contribution in [1.29, 1.82) is 0 Å². The normalized spacial score (nSPS) is 38.1. The molecule has 2 aliphatic rings. The van der Waals surface area contributed by atoms with E-state index < -0.39 is 0 Å². The molecular formula is C19H32O. The molecule has 0 aromatic heterocycles. The molecule has 0 amide bonds. The first kappa shape index (κ1) is 15.8. The van der Waals surface area contributed by atoms with Crippen LogP contribution in [0.2, 0.25) is 0 Å². The van der Waals surface area contributed by atoms with E-state index in [4.69, 9.17) is 0 Å². The van der Waals surface area contributed by atoms with Crippen molar-refractivity contribution in [3.05, 3.63) is 12.2 Å². The summed E-state index contributed by atoms with van der Waals surface area (Å²) < 4.78 is 0. The van der Waals surface area contributed by atoms with Crippen molar-refractivity contribution < 1.29 is 4.79 Å². The average Bonchev–Trinajstić information content (AvgIpc) is 2.36. The van der Waals surface area contributed by atoms with Gasteiger partial charge < -0.3 is 4.79 Å². The summed E-state index contributed by atoms with van der Waals surface area (Å²) in [6.07, 6.45) is 9.88. The Kier molecular flexibility index (Phi) is 4.47. The summed E-state index contributed by atoms with van der Waals surface area (Å²) in [5.74, 6) is 1.65. The zero-order valence-corrected chi connectivity index (χ0v) is 13.9. The lowest BCUT2D eigenvalue weighted by atomic mass is 9.47. The molecule has 0 N–H and O–H groups in total. The standard InChI is InChI=1S/C19H32O/c1-14(13-20)7-9-16-15(2)8-10-17-18(3,4)11-6-12-19(16,17)5/h13-14,16-17H,2,6-12H2,1,3-5H3/t14-,16?,17?,19?/m0/s1. The van der Waals surface area contributed by atoms with Gasteiger partial charge in [0.15, 0.2) is 0 Å². The lowest BCUT2D eigenvalue weighted by molar-refractivity contribution is -0.111. The topological polar surface area (TPSA) is 17.1 Å². The summed E-state index contributed by atoms with van der Waals surface area (Å²) in [5, 5.41) is 0. The van der Waals surface area contributed by atoms with Gasteiger partial charge in [-0.2, -0.15) is 0 Å². The minimum Gasteiger partial charge on any atom is -0.303 e. The molecule has 2 rings (SSSR count). The smallest absolute Gasteiger partial charge is 0.122 e. The molecule has 3 unspecified atom stereocenters. The second-order valence-electron chi connectivity index (χ2n) is 8.34. The summed E-state index contributed by atoms with van der Waals surface area (Å²) in [4.78, 5) is 10.9. The van der Waals surface area contributed by atoms with Crippen LogP contribution < -0.4 is 0 Å². The van der Waals surface area contributed by atoms with Crippen LogP contribution in [-0.2, 0) is 4.79 Å². The van der Waals surface area contributed by atoms with Crippen LogP contribution in [0.4, 0.5) is 0 Å². The number of hydrogen-bond acceptors (Lipinski definition) is 1. The van der Waals surface area contributed by atoms with Crippen LogP contribution in [0.5, 0.6) is 0 Å². The lowest BCUT2D eigenvalue weighted by Gasteiger charge is -2.58. The van der Waals surface area contributed by atoms with Gasteiger partial charge in [0.2, 0.25) is 0 Å². The summed E-state index contributed by atoms with van der Waals surface area (Å²) in [7, 11) is 0. The molecule has 2 saturated carbocycles. The van der Waals surface area contributed by atoms with Gasteiger partial charge in [0.05, 0.1) is 0 Å². The maximum atomic E-state index is 10.9. The third kappa shape index (κ3) is 2.73. The van der Waals surface area contributed by atoms with Crippen molar-refractivity contribution >= 4 is 6.29 Å². The largest absolute Gasteiger partial charge is 0.303 e. The summed E-state index contributed by atoms with van der Waals surface area (Å²) >= 11 is 0. The van der Waals surface area contributed by atoms with Gasteiger partial charge in [-0.15, -0.1) is 0 Å². The van der Waals surface area contributed by atoms with Crippen LogP contribution in [0.1, 0.15) is 72.6 Å². The summed E-state index contributed by atoms with van der Waals surface area (Å²) in [5.41, 5.74) is 2.35. The molecule has 2 fully saturated rings. The van der Waals surface area contributed by atoms with E-state index in [1.54, 1.807) is 0 Å². The minimum absolute atomic E-state index is 0.198. The number of hydrogen-bond donors (Lipinski definition) is 0. The highest BCUT2D eigenvalue weighted by Gasteiger charge is 2.52. The highest BCUT2D eigenvalue weighted by Crippen LogP contribution is 2.61. The fourth-order valence-corrected chi connectivity index (χ4v) is 5.31. The van der Waals surface area contributed by atoms with E-state index in [0.29, 0.717) is 16.7 Å². The molecule has 4 atom stereocenters. The van der Waals surface area contributed by atoms with Crippen molar-refractivity contribution in [2.24, 2.45) is 28.6 Å². The zero-order valence-electron chi connectivity index (χ0n) is 13.9. The Morgan fingerprint density at radius 1 is 1.35 bits per heavy atom. The van der Waals surface area contributed by atoms with Gasteiger partial charge in [0.1, 0.15) is 6.29 Å². The van der Waals surface area contributed by atoms with E-state index >= 15 is 0 Å². The Balaban J connectivity index is 2.19. The Labute approximate surface area is 125 Å². The molecule has 2 aliphatic carbocycles. The molecular weight excluding hydrogens is 244 g/mol. The molecule has 1 heteroatoms. The van der Waals surface area contributed by atoms with Gasteiger partial charge >= 0.3 is 0 Å². The van der Waals surface area contributed by atoms with Crippen LogP contribution in [0, 0.1) is 28.6 Å². The van der Waals surface area contributed by atoms with E-state index in [-0.39, 0.29) is 5.92 Å². The fourth-order valence-electron chi connectivity index (χ4n) is 5.31. The average molecular weight is 276 g/mol. The van der Waals surface area contributed by atoms with Crippen LogP contribution >= 0.6 is 0 Å². The highest BCUT2D eigenvalue weighted by atomic mass is 16.1. The number of rotatable bonds is 4. The van der Waals surface area contributed by atoms with Crippen molar-refractivity contribution in [3.8, 4) is 0 Å². The maximum Gasteiger partial charge on any atom is 0.122 e. The monoisotopic (exact) mass is 276 g/mol. The number of carbonyl (C=O) groups excluding carboxylic acids is 1. The van der Waals surface area contributed by atoms with Crippen LogP contribution in [0.3, 0.4) is 0 Å². The molecule has 1 nitrogen and oxygen atoms in total. The summed E-state index contributed by atoms with van der Waals surface area (Å²) in [6.45, 7) is 13.9. The Morgan fingerprint density at radius 2 is 2.05 bits per heavy atom.